The van der Waals surface area contributed by atoms with E-state index in [1.54, 1.807) is 0 Å². The van der Waals surface area contributed by atoms with E-state index in [1.165, 1.54) is 6.07 Å². The molecule has 0 bridgehead atoms. The summed E-state index contributed by atoms with van der Waals surface area (Å²) in [5.41, 5.74) is 7.27. The number of hydrogen-bond donors (Lipinski definition) is 3. The number of halogens is 2. The second-order valence-corrected chi connectivity index (χ2v) is 3.06. The van der Waals surface area contributed by atoms with Crippen LogP contribution in [0.4, 0.5) is 8.78 Å². The molecule has 0 amide bonds. The minimum absolute atomic E-state index is 0.0243. The van der Waals surface area contributed by atoms with Crippen molar-refractivity contribution in [2.45, 2.75) is 6.42 Å². The Morgan fingerprint density at radius 2 is 2.12 bits per heavy atom. The van der Waals surface area contributed by atoms with Crippen LogP contribution >= 0.6 is 0 Å². The number of Topliss-reactive ketones (excluding diaryl/α,β-unsaturated/α-hetero) is 1. The first-order chi connectivity index (χ1) is 7.58. The molecule has 0 aliphatic carbocycles. The molecule has 0 spiro atoms. The summed E-state index contributed by atoms with van der Waals surface area (Å²) in [5.74, 6) is 3.08. The fourth-order valence-corrected chi connectivity index (χ4v) is 1.15. The van der Waals surface area contributed by atoms with Gasteiger partial charge in [-0.05, 0) is 11.6 Å². The molecule has 4 nitrogen and oxygen atoms in total. The highest BCUT2D eigenvalue weighted by Crippen LogP contribution is 2.11. The summed E-state index contributed by atoms with van der Waals surface area (Å²) in [6.07, 6.45) is 0.753. The highest BCUT2D eigenvalue weighted by atomic mass is 19.1. The maximum Gasteiger partial charge on any atom is 0.185 e. The lowest BCUT2D eigenvalue weighted by atomic mass is 10.1. The molecule has 0 fully saturated rings. The zero-order chi connectivity index (χ0) is 12.1. The summed E-state index contributed by atoms with van der Waals surface area (Å²) in [4.78, 5) is 11.5. The van der Waals surface area contributed by atoms with Gasteiger partial charge >= 0.3 is 0 Å². The quantitative estimate of drug-likeness (QED) is 0.393. The average Bonchev–Trinajstić information content (AvgIpc) is 2.24. The Labute approximate surface area is 90.9 Å². The molecule has 0 aliphatic rings. The van der Waals surface area contributed by atoms with Gasteiger partial charge in [-0.1, -0.05) is 6.07 Å². The number of hydrazine groups is 1. The monoisotopic (exact) mass is 227 g/mol. The summed E-state index contributed by atoms with van der Waals surface area (Å²) < 4.78 is 25.8. The van der Waals surface area contributed by atoms with E-state index in [9.17, 15) is 13.6 Å². The minimum Gasteiger partial charge on any atom is -0.403 e. The van der Waals surface area contributed by atoms with Crippen molar-refractivity contribution in [2.75, 3.05) is 0 Å². The van der Waals surface area contributed by atoms with Crippen LogP contribution in [-0.4, -0.2) is 5.78 Å². The molecule has 0 radical (unpaired) electrons. The van der Waals surface area contributed by atoms with E-state index in [4.69, 9.17) is 11.6 Å². The largest absolute Gasteiger partial charge is 0.403 e. The van der Waals surface area contributed by atoms with E-state index in [0.29, 0.717) is 6.07 Å². The molecule has 0 aliphatic heterocycles. The van der Waals surface area contributed by atoms with Crippen LogP contribution in [0.3, 0.4) is 0 Å². The van der Waals surface area contributed by atoms with Crippen LogP contribution < -0.4 is 17.0 Å². The third-order valence-corrected chi connectivity index (χ3v) is 1.99. The number of carbonyl (C=O) groups excluding carboxylic acids is 1. The van der Waals surface area contributed by atoms with Gasteiger partial charge in [-0.25, -0.2) is 8.78 Å². The van der Waals surface area contributed by atoms with E-state index in [2.05, 4.69) is 5.43 Å². The third-order valence-electron chi connectivity index (χ3n) is 1.99. The number of hydrogen-bond acceptors (Lipinski definition) is 4. The summed E-state index contributed by atoms with van der Waals surface area (Å²) in [6.45, 7) is 0. The first kappa shape index (κ1) is 12.1. The van der Waals surface area contributed by atoms with Crippen molar-refractivity contribution in [1.82, 2.24) is 5.43 Å². The molecular weight excluding hydrogens is 216 g/mol. The fraction of sp³-hybridized carbons (Fsp3) is 0.100. The Morgan fingerprint density at radius 1 is 1.44 bits per heavy atom. The maximum absolute atomic E-state index is 13.2. The number of carbonyl (C=O) groups is 1. The molecule has 0 unspecified atom stereocenters. The van der Waals surface area contributed by atoms with Crippen LogP contribution in [-0.2, 0) is 11.2 Å². The van der Waals surface area contributed by atoms with E-state index >= 15 is 0 Å². The Kier molecular flexibility index (Phi) is 3.96. The Morgan fingerprint density at radius 3 is 2.62 bits per heavy atom. The summed E-state index contributed by atoms with van der Waals surface area (Å²) in [5, 5.41) is 0. The standard InChI is InChI=1S/C10H11F2N3O/c11-7-2-1-6(8(12)4-7)3-10(16)9(5-13)15-14/h1-2,4-5,15H,3,13-14H2/b9-5-. The van der Waals surface area contributed by atoms with Gasteiger partial charge in [-0.2, -0.15) is 0 Å². The molecule has 5 N–H and O–H groups in total. The van der Waals surface area contributed by atoms with Gasteiger partial charge in [0.1, 0.15) is 17.3 Å². The second-order valence-electron chi connectivity index (χ2n) is 3.06. The predicted octanol–water partition coefficient (Wildman–Crippen LogP) is 0.340. The van der Waals surface area contributed by atoms with Gasteiger partial charge in [0.2, 0.25) is 0 Å². The summed E-state index contributed by atoms with van der Waals surface area (Å²) >= 11 is 0. The van der Waals surface area contributed by atoms with Gasteiger partial charge < -0.3 is 11.2 Å². The lowest BCUT2D eigenvalue weighted by Crippen LogP contribution is -2.28. The molecule has 86 valence electrons. The molecule has 0 saturated heterocycles. The van der Waals surface area contributed by atoms with Gasteiger partial charge in [0.15, 0.2) is 5.78 Å². The highest BCUT2D eigenvalue weighted by molar-refractivity contribution is 5.96. The van der Waals surface area contributed by atoms with Crippen LogP contribution in [0.15, 0.2) is 30.1 Å². The van der Waals surface area contributed by atoms with E-state index < -0.39 is 17.4 Å². The summed E-state index contributed by atoms with van der Waals surface area (Å²) in [7, 11) is 0. The minimum atomic E-state index is -0.776. The fourth-order valence-electron chi connectivity index (χ4n) is 1.15. The number of benzene rings is 1. The SMILES string of the molecule is N/C=C(\NN)C(=O)Cc1ccc(F)cc1F. The van der Waals surface area contributed by atoms with Crippen molar-refractivity contribution in [3.63, 3.8) is 0 Å². The summed E-state index contributed by atoms with van der Waals surface area (Å²) in [6, 6.07) is 2.99. The number of nitrogens with one attached hydrogen (secondary N) is 1. The topological polar surface area (TPSA) is 81.1 Å². The molecule has 0 saturated carbocycles. The average molecular weight is 227 g/mol. The van der Waals surface area contributed by atoms with E-state index in [-0.39, 0.29) is 17.7 Å². The molecule has 1 rings (SSSR count). The van der Waals surface area contributed by atoms with E-state index in [0.717, 1.165) is 12.3 Å². The van der Waals surface area contributed by atoms with Gasteiger partial charge in [-0.3, -0.25) is 10.6 Å². The highest BCUT2D eigenvalue weighted by Gasteiger charge is 2.12. The lowest BCUT2D eigenvalue weighted by Gasteiger charge is -2.05. The molecule has 16 heavy (non-hydrogen) atoms. The molecule has 0 aromatic heterocycles. The van der Waals surface area contributed by atoms with Crippen molar-refractivity contribution in [1.29, 1.82) is 0 Å². The normalized spacial score (nSPS) is 11.3. The second kappa shape index (κ2) is 5.22. The van der Waals surface area contributed by atoms with Crippen LogP contribution in [0.2, 0.25) is 0 Å². The first-order valence-electron chi connectivity index (χ1n) is 4.44. The Bertz CT molecular complexity index is 432. The molecule has 1 aromatic rings. The Balaban J connectivity index is 2.85. The van der Waals surface area contributed by atoms with Crippen molar-refractivity contribution in [3.05, 3.63) is 47.3 Å². The van der Waals surface area contributed by atoms with Crippen LogP contribution in [0, 0.1) is 11.6 Å². The van der Waals surface area contributed by atoms with Crippen LogP contribution in [0.5, 0.6) is 0 Å². The van der Waals surface area contributed by atoms with Crippen LogP contribution in [0.25, 0.3) is 0 Å². The zero-order valence-electron chi connectivity index (χ0n) is 8.34. The first-order valence-corrected chi connectivity index (χ1v) is 4.44. The zero-order valence-corrected chi connectivity index (χ0v) is 8.34. The van der Waals surface area contributed by atoms with Crippen molar-refractivity contribution >= 4 is 5.78 Å². The molecule has 6 heteroatoms. The molecular formula is C10H11F2N3O. The molecule has 1 aromatic carbocycles. The van der Waals surface area contributed by atoms with Crippen LogP contribution in [0.1, 0.15) is 5.56 Å². The number of nitrogens with two attached hydrogens (primary N) is 2. The number of ketones is 1. The smallest absolute Gasteiger partial charge is 0.185 e. The number of rotatable bonds is 4. The van der Waals surface area contributed by atoms with Gasteiger partial charge in [-0.15, -0.1) is 0 Å². The van der Waals surface area contributed by atoms with Gasteiger partial charge in [0.05, 0.1) is 0 Å². The van der Waals surface area contributed by atoms with Crippen molar-refractivity contribution in [3.8, 4) is 0 Å². The molecule has 0 atom stereocenters. The Hall–Kier alpha value is -1.95. The number of allylic oxidation sites excluding steroid dienone is 1. The van der Waals surface area contributed by atoms with Crippen molar-refractivity contribution in [2.24, 2.45) is 11.6 Å². The lowest BCUT2D eigenvalue weighted by molar-refractivity contribution is -0.115. The van der Waals surface area contributed by atoms with Crippen molar-refractivity contribution < 1.29 is 13.6 Å². The predicted molar refractivity (Wildman–Crippen MR) is 54.7 cm³/mol. The van der Waals surface area contributed by atoms with E-state index in [1.807, 2.05) is 0 Å². The maximum atomic E-state index is 13.2. The van der Waals surface area contributed by atoms with Gasteiger partial charge in [0, 0.05) is 18.7 Å². The third kappa shape index (κ3) is 2.77. The van der Waals surface area contributed by atoms with Gasteiger partial charge in [0.25, 0.3) is 0 Å². The molecule has 0 heterocycles.